The molecule has 1 aliphatic rings. The van der Waals surface area contributed by atoms with E-state index in [0.29, 0.717) is 17.8 Å². The second-order valence-corrected chi connectivity index (χ2v) is 4.23. The predicted octanol–water partition coefficient (Wildman–Crippen LogP) is 0.786. The maximum atomic E-state index is 12.2. The molecule has 0 saturated carbocycles. The summed E-state index contributed by atoms with van der Waals surface area (Å²) in [6, 6.07) is -0.216. The number of imidazole rings is 1. The zero-order chi connectivity index (χ0) is 12.5. The molecular weight excluding hydrogens is 230 g/mol. The van der Waals surface area contributed by atoms with E-state index in [1.54, 1.807) is 29.7 Å². The molecule has 1 saturated heterocycles. The standard InChI is InChI=1S/C12H13N5O/c1-2-6-16-7-3-9(12(16)18)17-8-15-10-11(17)14-5-4-13-10/h2,4-5,8-9H,1,3,6-7H2. The second kappa shape index (κ2) is 4.21. The smallest absolute Gasteiger partial charge is 0.246 e. The summed E-state index contributed by atoms with van der Waals surface area (Å²) in [6.45, 7) is 5.00. The molecule has 1 aliphatic heterocycles. The highest BCUT2D eigenvalue weighted by molar-refractivity contribution is 5.84. The summed E-state index contributed by atoms with van der Waals surface area (Å²) in [5.74, 6) is 0.0971. The molecule has 6 heteroatoms. The minimum atomic E-state index is -0.216. The third-order valence-corrected chi connectivity index (χ3v) is 3.16. The molecule has 0 N–H and O–H groups in total. The molecule has 2 aromatic heterocycles. The van der Waals surface area contributed by atoms with Crippen LogP contribution in [0.15, 0.2) is 31.4 Å². The van der Waals surface area contributed by atoms with Crippen molar-refractivity contribution in [2.45, 2.75) is 12.5 Å². The Morgan fingerprint density at radius 2 is 2.22 bits per heavy atom. The van der Waals surface area contributed by atoms with Crippen molar-refractivity contribution in [3.8, 4) is 0 Å². The Bertz CT molecular complexity index is 605. The van der Waals surface area contributed by atoms with E-state index in [2.05, 4.69) is 21.5 Å². The molecule has 92 valence electrons. The fourth-order valence-corrected chi connectivity index (χ4v) is 2.31. The van der Waals surface area contributed by atoms with Gasteiger partial charge in [0, 0.05) is 25.5 Å². The Labute approximate surface area is 104 Å². The molecule has 1 unspecified atom stereocenters. The number of amides is 1. The Kier molecular flexibility index (Phi) is 2.55. The van der Waals surface area contributed by atoms with E-state index in [-0.39, 0.29) is 11.9 Å². The molecule has 0 bridgehead atoms. The van der Waals surface area contributed by atoms with Crippen LogP contribution in [0.5, 0.6) is 0 Å². The van der Waals surface area contributed by atoms with Gasteiger partial charge in [-0.15, -0.1) is 6.58 Å². The normalized spacial score (nSPS) is 19.7. The highest BCUT2D eigenvalue weighted by Crippen LogP contribution is 2.25. The maximum absolute atomic E-state index is 12.2. The van der Waals surface area contributed by atoms with Crippen LogP contribution in [-0.4, -0.2) is 43.4 Å². The van der Waals surface area contributed by atoms with Crippen LogP contribution >= 0.6 is 0 Å². The van der Waals surface area contributed by atoms with Crippen LogP contribution in [0, 0.1) is 0 Å². The van der Waals surface area contributed by atoms with Gasteiger partial charge in [-0.1, -0.05) is 6.08 Å². The summed E-state index contributed by atoms with van der Waals surface area (Å²) in [5.41, 5.74) is 1.24. The molecule has 0 radical (unpaired) electrons. The van der Waals surface area contributed by atoms with Gasteiger partial charge < -0.3 is 9.47 Å². The molecule has 18 heavy (non-hydrogen) atoms. The average molecular weight is 243 g/mol. The van der Waals surface area contributed by atoms with Crippen molar-refractivity contribution in [3.63, 3.8) is 0 Å². The van der Waals surface area contributed by atoms with Crippen molar-refractivity contribution in [2.24, 2.45) is 0 Å². The van der Waals surface area contributed by atoms with Crippen LogP contribution in [0.25, 0.3) is 11.3 Å². The minimum absolute atomic E-state index is 0.0971. The number of likely N-dealkylation sites (tertiary alicyclic amines) is 1. The van der Waals surface area contributed by atoms with Gasteiger partial charge in [-0.25, -0.2) is 15.0 Å². The first-order chi connectivity index (χ1) is 8.81. The molecule has 0 aliphatic carbocycles. The van der Waals surface area contributed by atoms with Crippen molar-refractivity contribution in [1.82, 2.24) is 24.4 Å². The number of carbonyl (C=O) groups is 1. The number of rotatable bonds is 3. The molecule has 1 amide bonds. The first kappa shape index (κ1) is 10.9. The van der Waals surface area contributed by atoms with Gasteiger partial charge >= 0.3 is 0 Å². The van der Waals surface area contributed by atoms with Crippen LogP contribution in [0.2, 0.25) is 0 Å². The van der Waals surface area contributed by atoms with Crippen LogP contribution in [0.3, 0.4) is 0 Å². The summed E-state index contributed by atoms with van der Waals surface area (Å²) in [6.07, 6.45) is 7.37. The molecule has 3 rings (SSSR count). The van der Waals surface area contributed by atoms with Gasteiger partial charge in [0.15, 0.2) is 11.3 Å². The molecule has 2 aromatic rings. The van der Waals surface area contributed by atoms with Crippen LogP contribution in [-0.2, 0) is 4.79 Å². The van der Waals surface area contributed by atoms with Crippen molar-refractivity contribution in [3.05, 3.63) is 31.4 Å². The molecular formula is C12H13N5O. The van der Waals surface area contributed by atoms with Crippen LogP contribution in [0.4, 0.5) is 0 Å². The van der Waals surface area contributed by atoms with Gasteiger partial charge in [0.25, 0.3) is 0 Å². The number of aromatic nitrogens is 4. The van der Waals surface area contributed by atoms with E-state index >= 15 is 0 Å². The van der Waals surface area contributed by atoms with Crippen molar-refractivity contribution in [2.75, 3.05) is 13.1 Å². The number of hydrogen-bond acceptors (Lipinski definition) is 4. The lowest BCUT2D eigenvalue weighted by molar-refractivity contribution is -0.129. The number of hydrogen-bond donors (Lipinski definition) is 0. The lowest BCUT2D eigenvalue weighted by Crippen LogP contribution is -2.28. The monoisotopic (exact) mass is 243 g/mol. The zero-order valence-corrected chi connectivity index (χ0v) is 9.86. The van der Waals surface area contributed by atoms with E-state index in [0.717, 1.165) is 13.0 Å². The van der Waals surface area contributed by atoms with Gasteiger partial charge in [0.1, 0.15) is 6.04 Å². The SMILES string of the molecule is C=CCN1CCC(n2cnc3nccnc32)C1=O. The van der Waals surface area contributed by atoms with Gasteiger partial charge in [-0.2, -0.15) is 0 Å². The lowest BCUT2D eigenvalue weighted by atomic mass is 10.2. The van der Waals surface area contributed by atoms with E-state index in [9.17, 15) is 4.79 Å². The first-order valence-electron chi connectivity index (χ1n) is 5.84. The summed E-state index contributed by atoms with van der Waals surface area (Å²) >= 11 is 0. The quantitative estimate of drug-likeness (QED) is 0.747. The molecule has 3 heterocycles. The maximum Gasteiger partial charge on any atom is 0.246 e. The van der Waals surface area contributed by atoms with Crippen molar-refractivity contribution >= 4 is 17.2 Å². The summed E-state index contributed by atoms with van der Waals surface area (Å²) in [5, 5.41) is 0. The van der Waals surface area contributed by atoms with Gasteiger partial charge in [0.05, 0.1) is 6.33 Å². The first-order valence-corrected chi connectivity index (χ1v) is 5.84. The minimum Gasteiger partial charge on any atom is -0.337 e. The number of nitrogens with zero attached hydrogens (tertiary/aromatic N) is 5. The molecule has 0 aromatic carbocycles. The fourth-order valence-electron chi connectivity index (χ4n) is 2.31. The highest BCUT2D eigenvalue weighted by atomic mass is 16.2. The zero-order valence-electron chi connectivity index (χ0n) is 9.86. The third-order valence-electron chi connectivity index (χ3n) is 3.16. The second-order valence-electron chi connectivity index (χ2n) is 4.23. The van der Waals surface area contributed by atoms with E-state index < -0.39 is 0 Å². The van der Waals surface area contributed by atoms with E-state index in [1.807, 2.05) is 4.57 Å². The largest absolute Gasteiger partial charge is 0.337 e. The highest BCUT2D eigenvalue weighted by Gasteiger charge is 2.33. The van der Waals surface area contributed by atoms with E-state index in [1.165, 1.54) is 0 Å². The molecule has 0 spiro atoms. The Hall–Kier alpha value is -2.24. The Balaban J connectivity index is 1.96. The van der Waals surface area contributed by atoms with Crippen LogP contribution in [0.1, 0.15) is 12.5 Å². The Morgan fingerprint density at radius 3 is 3.06 bits per heavy atom. The topological polar surface area (TPSA) is 63.9 Å². The fraction of sp³-hybridized carbons (Fsp3) is 0.333. The lowest BCUT2D eigenvalue weighted by Gasteiger charge is -2.14. The number of carbonyl (C=O) groups excluding carboxylic acids is 1. The van der Waals surface area contributed by atoms with E-state index in [4.69, 9.17) is 0 Å². The average Bonchev–Trinajstić information content (AvgIpc) is 2.95. The summed E-state index contributed by atoms with van der Waals surface area (Å²) in [4.78, 5) is 26.5. The summed E-state index contributed by atoms with van der Waals surface area (Å²) < 4.78 is 1.81. The molecule has 6 nitrogen and oxygen atoms in total. The third kappa shape index (κ3) is 1.57. The van der Waals surface area contributed by atoms with Gasteiger partial charge in [0.2, 0.25) is 5.91 Å². The van der Waals surface area contributed by atoms with Crippen molar-refractivity contribution in [1.29, 1.82) is 0 Å². The van der Waals surface area contributed by atoms with Gasteiger partial charge in [-0.05, 0) is 6.42 Å². The van der Waals surface area contributed by atoms with Crippen LogP contribution < -0.4 is 0 Å². The predicted molar refractivity (Wildman–Crippen MR) is 65.8 cm³/mol. The van der Waals surface area contributed by atoms with Crippen molar-refractivity contribution < 1.29 is 4.79 Å². The molecule has 1 fully saturated rings. The molecule has 1 atom stereocenters. The Morgan fingerprint density at radius 1 is 1.39 bits per heavy atom. The summed E-state index contributed by atoms with van der Waals surface area (Å²) in [7, 11) is 0. The van der Waals surface area contributed by atoms with Gasteiger partial charge in [-0.3, -0.25) is 4.79 Å². The number of fused-ring (bicyclic) bond motifs is 1.